The lowest BCUT2D eigenvalue weighted by molar-refractivity contribution is -0.116. The van der Waals surface area contributed by atoms with Gasteiger partial charge in [0.25, 0.3) is 0 Å². The molecular weight excluding hydrogens is 384 g/mol. The van der Waals surface area contributed by atoms with Crippen molar-refractivity contribution in [3.8, 4) is 0 Å². The van der Waals surface area contributed by atoms with E-state index >= 15 is 0 Å². The number of carbonyl (C=O) groups excluding carboxylic acids is 1. The standard InChI is InChI=1S/C21H24N6OS/c1-15(2)6-9-26-10-7-17-18(4-3-5-19(17)26)23-21(28)12-20(16-8-11-29-13-16)27-14-22-24-25-27/h3-5,7-8,10-11,13-15,20H,6,9,12H2,1-2H3,(H,23,28)/t20-/m0/s1. The molecule has 0 saturated heterocycles. The largest absolute Gasteiger partial charge is 0.347 e. The van der Waals surface area contributed by atoms with Gasteiger partial charge in [0.05, 0.1) is 23.7 Å². The summed E-state index contributed by atoms with van der Waals surface area (Å²) in [7, 11) is 0. The molecule has 1 aromatic carbocycles. The zero-order chi connectivity index (χ0) is 20.2. The number of hydrogen-bond acceptors (Lipinski definition) is 5. The van der Waals surface area contributed by atoms with Gasteiger partial charge in [-0.05, 0) is 63.4 Å². The van der Waals surface area contributed by atoms with Crippen LogP contribution in [0, 0.1) is 5.92 Å². The molecule has 0 bridgehead atoms. The predicted molar refractivity (Wildman–Crippen MR) is 115 cm³/mol. The Morgan fingerprint density at radius 2 is 2.14 bits per heavy atom. The molecule has 3 aromatic heterocycles. The first kappa shape index (κ1) is 19.3. The van der Waals surface area contributed by atoms with E-state index in [-0.39, 0.29) is 18.4 Å². The molecule has 0 spiro atoms. The maximum Gasteiger partial charge on any atom is 0.226 e. The molecule has 0 unspecified atom stereocenters. The molecule has 4 aromatic rings. The molecule has 0 fully saturated rings. The predicted octanol–water partition coefficient (Wildman–Crippen LogP) is 4.35. The van der Waals surface area contributed by atoms with Crippen molar-refractivity contribution in [2.45, 2.75) is 39.3 Å². The lowest BCUT2D eigenvalue weighted by atomic mass is 10.1. The van der Waals surface area contributed by atoms with Crippen LogP contribution in [0.5, 0.6) is 0 Å². The Morgan fingerprint density at radius 3 is 2.86 bits per heavy atom. The van der Waals surface area contributed by atoms with E-state index in [1.807, 2.05) is 29.0 Å². The summed E-state index contributed by atoms with van der Waals surface area (Å²) in [6, 6.07) is 9.88. The minimum Gasteiger partial charge on any atom is -0.347 e. The number of fused-ring (bicyclic) bond motifs is 1. The zero-order valence-electron chi connectivity index (χ0n) is 16.5. The number of nitrogens with zero attached hydrogens (tertiary/aromatic N) is 5. The van der Waals surface area contributed by atoms with Crippen molar-refractivity contribution >= 4 is 33.8 Å². The summed E-state index contributed by atoms with van der Waals surface area (Å²) >= 11 is 1.59. The average Bonchev–Trinajstić information content (AvgIpc) is 3.47. The van der Waals surface area contributed by atoms with E-state index in [2.05, 4.69) is 57.6 Å². The van der Waals surface area contributed by atoms with Crippen LogP contribution in [0.2, 0.25) is 0 Å². The van der Waals surface area contributed by atoms with Gasteiger partial charge in [-0.15, -0.1) is 5.10 Å². The highest BCUT2D eigenvalue weighted by atomic mass is 32.1. The minimum absolute atomic E-state index is 0.0702. The first-order valence-electron chi connectivity index (χ1n) is 9.74. The average molecular weight is 409 g/mol. The fraction of sp³-hybridized carbons (Fsp3) is 0.333. The van der Waals surface area contributed by atoms with Gasteiger partial charge < -0.3 is 9.88 Å². The van der Waals surface area contributed by atoms with Crippen LogP contribution in [-0.2, 0) is 11.3 Å². The quantitative estimate of drug-likeness (QED) is 0.470. The van der Waals surface area contributed by atoms with E-state index in [9.17, 15) is 4.79 Å². The maximum absolute atomic E-state index is 12.9. The highest BCUT2D eigenvalue weighted by Crippen LogP contribution is 2.27. The van der Waals surface area contributed by atoms with Crippen LogP contribution in [0.25, 0.3) is 10.9 Å². The van der Waals surface area contributed by atoms with Gasteiger partial charge in [0.1, 0.15) is 6.33 Å². The molecule has 150 valence electrons. The number of amides is 1. The van der Waals surface area contributed by atoms with Crippen LogP contribution in [0.15, 0.2) is 53.6 Å². The van der Waals surface area contributed by atoms with Crippen LogP contribution in [0.4, 0.5) is 5.69 Å². The third-order valence-electron chi connectivity index (χ3n) is 5.03. The Morgan fingerprint density at radius 1 is 1.24 bits per heavy atom. The summed E-state index contributed by atoms with van der Waals surface area (Å²) in [5, 5.41) is 19.6. The molecule has 0 saturated carbocycles. The van der Waals surface area contributed by atoms with Gasteiger partial charge in [0, 0.05) is 18.1 Å². The molecule has 29 heavy (non-hydrogen) atoms. The molecule has 4 rings (SSSR count). The Balaban J connectivity index is 1.53. The lowest BCUT2D eigenvalue weighted by Gasteiger charge is -2.15. The second-order valence-electron chi connectivity index (χ2n) is 7.54. The van der Waals surface area contributed by atoms with Crippen LogP contribution >= 0.6 is 11.3 Å². The van der Waals surface area contributed by atoms with Gasteiger partial charge in [-0.3, -0.25) is 4.79 Å². The summed E-state index contributed by atoms with van der Waals surface area (Å²) in [6.45, 7) is 5.43. The van der Waals surface area contributed by atoms with Crippen molar-refractivity contribution in [2.75, 3.05) is 5.32 Å². The van der Waals surface area contributed by atoms with E-state index < -0.39 is 0 Å². The van der Waals surface area contributed by atoms with E-state index in [1.165, 1.54) is 0 Å². The van der Waals surface area contributed by atoms with Gasteiger partial charge in [-0.1, -0.05) is 19.9 Å². The molecular formula is C21H24N6OS. The van der Waals surface area contributed by atoms with E-state index in [0.29, 0.717) is 5.92 Å². The molecule has 1 N–H and O–H groups in total. The molecule has 3 heterocycles. The fourth-order valence-corrected chi connectivity index (χ4v) is 4.15. The van der Waals surface area contributed by atoms with Gasteiger partial charge in [-0.2, -0.15) is 11.3 Å². The lowest BCUT2D eigenvalue weighted by Crippen LogP contribution is -2.20. The molecule has 1 atom stereocenters. The molecule has 0 radical (unpaired) electrons. The number of rotatable bonds is 8. The number of benzene rings is 1. The van der Waals surface area contributed by atoms with Crippen molar-refractivity contribution in [3.05, 3.63) is 59.2 Å². The number of anilines is 1. The third-order valence-corrected chi connectivity index (χ3v) is 5.73. The van der Waals surface area contributed by atoms with Crippen LogP contribution in [0.3, 0.4) is 0 Å². The Hall–Kier alpha value is -3.00. The third kappa shape index (κ3) is 4.37. The molecule has 0 aliphatic rings. The Kier molecular flexibility index (Phi) is 5.71. The summed E-state index contributed by atoms with van der Waals surface area (Å²) in [5.41, 5.74) is 2.99. The summed E-state index contributed by atoms with van der Waals surface area (Å²) in [6.07, 6.45) is 5.02. The first-order chi connectivity index (χ1) is 14.1. The smallest absolute Gasteiger partial charge is 0.226 e. The molecule has 1 amide bonds. The van der Waals surface area contributed by atoms with Crippen molar-refractivity contribution in [1.29, 1.82) is 0 Å². The molecule has 0 aliphatic carbocycles. The zero-order valence-corrected chi connectivity index (χ0v) is 17.3. The summed E-state index contributed by atoms with van der Waals surface area (Å²) in [5.74, 6) is 0.578. The Bertz CT molecular complexity index is 1030. The number of aromatic nitrogens is 5. The number of thiophene rings is 1. The maximum atomic E-state index is 12.9. The van der Waals surface area contributed by atoms with E-state index in [4.69, 9.17) is 0 Å². The number of nitrogens with one attached hydrogen (secondary N) is 1. The van der Waals surface area contributed by atoms with Gasteiger partial charge in [0.15, 0.2) is 0 Å². The summed E-state index contributed by atoms with van der Waals surface area (Å²) in [4.78, 5) is 12.9. The van der Waals surface area contributed by atoms with Crippen LogP contribution in [0.1, 0.15) is 38.3 Å². The highest BCUT2D eigenvalue weighted by Gasteiger charge is 2.20. The molecule has 8 heteroatoms. The number of carbonyl (C=O) groups is 1. The SMILES string of the molecule is CC(C)CCn1ccc2c(NC(=O)C[C@@H](c3ccsc3)n3cnnn3)cccc21. The fourth-order valence-electron chi connectivity index (χ4n) is 3.44. The van der Waals surface area contributed by atoms with Crippen molar-refractivity contribution in [2.24, 2.45) is 5.92 Å². The van der Waals surface area contributed by atoms with E-state index in [1.54, 1.807) is 22.3 Å². The van der Waals surface area contributed by atoms with E-state index in [0.717, 1.165) is 35.1 Å². The highest BCUT2D eigenvalue weighted by molar-refractivity contribution is 7.08. The minimum atomic E-state index is -0.230. The summed E-state index contributed by atoms with van der Waals surface area (Å²) < 4.78 is 3.88. The van der Waals surface area contributed by atoms with Crippen molar-refractivity contribution in [3.63, 3.8) is 0 Å². The normalized spacial score (nSPS) is 12.5. The van der Waals surface area contributed by atoms with Gasteiger partial charge in [0.2, 0.25) is 5.91 Å². The number of tetrazole rings is 1. The second-order valence-corrected chi connectivity index (χ2v) is 8.32. The van der Waals surface area contributed by atoms with Crippen LogP contribution in [-0.4, -0.2) is 30.7 Å². The molecule has 0 aliphatic heterocycles. The van der Waals surface area contributed by atoms with Crippen LogP contribution < -0.4 is 5.32 Å². The van der Waals surface area contributed by atoms with Gasteiger partial charge in [-0.25, -0.2) is 4.68 Å². The Labute approximate surface area is 173 Å². The second kappa shape index (κ2) is 8.57. The van der Waals surface area contributed by atoms with Crippen molar-refractivity contribution < 1.29 is 4.79 Å². The number of hydrogen-bond donors (Lipinski definition) is 1. The van der Waals surface area contributed by atoms with Gasteiger partial charge >= 0.3 is 0 Å². The first-order valence-corrected chi connectivity index (χ1v) is 10.7. The van der Waals surface area contributed by atoms with Crippen molar-refractivity contribution in [1.82, 2.24) is 24.8 Å². The molecule has 7 nitrogen and oxygen atoms in total. The monoisotopic (exact) mass is 408 g/mol. The number of aryl methyl sites for hydroxylation is 1. The topological polar surface area (TPSA) is 77.6 Å².